The summed E-state index contributed by atoms with van der Waals surface area (Å²) in [6, 6.07) is -0.0382. The fourth-order valence-electron chi connectivity index (χ4n) is 1.30. The molecule has 1 saturated heterocycles. The Hall–Kier alpha value is -0.280. The molecular weight excluding hydrogens is 178 g/mol. The van der Waals surface area contributed by atoms with Gasteiger partial charge in [0.25, 0.3) is 0 Å². The Bertz CT molecular complexity index is 135. The summed E-state index contributed by atoms with van der Waals surface area (Å²) in [5.41, 5.74) is 0. The summed E-state index contributed by atoms with van der Waals surface area (Å²) in [4.78, 5) is 11.1. The van der Waals surface area contributed by atoms with Crippen LogP contribution in [0.15, 0.2) is 0 Å². The lowest BCUT2D eigenvalue weighted by Gasteiger charge is -2.21. The SMILES string of the molecule is CCOC(=O)[C@@H]1CCCCN1.Cl. The monoisotopic (exact) mass is 193 g/mol. The fraction of sp³-hybridized carbons (Fsp3) is 0.875. The number of carbonyl (C=O) groups is 1. The molecule has 12 heavy (non-hydrogen) atoms. The van der Waals surface area contributed by atoms with Gasteiger partial charge in [0.2, 0.25) is 0 Å². The number of rotatable bonds is 2. The molecule has 0 radical (unpaired) electrons. The molecule has 0 saturated carbocycles. The highest BCUT2D eigenvalue weighted by atomic mass is 35.5. The Morgan fingerprint density at radius 2 is 2.33 bits per heavy atom. The molecule has 1 aliphatic rings. The van der Waals surface area contributed by atoms with Gasteiger partial charge < -0.3 is 10.1 Å². The fourth-order valence-corrected chi connectivity index (χ4v) is 1.30. The third-order valence-corrected chi connectivity index (χ3v) is 1.88. The van der Waals surface area contributed by atoms with E-state index < -0.39 is 0 Å². The maximum atomic E-state index is 11.1. The first-order chi connectivity index (χ1) is 5.34. The molecule has 72 valence electrons. The van der Waals surface area contributed by atoms with Crippen molar-refractivity contribution in [1.82, 2.24) is 5.32 Å². The summed E-state index contributed by atoms with van der Waals surface area (Å²) in [6.07, 6.45) is 3.24. The third-order valence-electron chi connectivity index (χ3n) is 1.88. The molecule has 0 spiro atoms. The number of halogens is 1. The van der Waals surface area contributed by atoms with E-state index >= 15 is 0 Å². The summed E-state index contributed by atoms with van der Waals surface area (Å²) in [5.74, 6) is -0.0906. The lowest BCUT2D eigenvalue weighted by Crippen LogP contribution is -2.41. The van der Waals surface area contributed by atoms with Gasteiger partial charge in [-0.25, -0.2) is 0 Å². The van der Waals surface area contributed by atoms with Gasteiger partial charge in [-0.2, -0.15) is 0 Å². The quantitative estimate of drug-likeness (QED) is 0.668. The Morgan fingerprint density at radius 1 is 1.58 bits per heavy atom. The molecule has 1 rings (SSSR count). The van der Waals surface area contributed by atoms with Gasteiger partial charge in [-0.15, -0.1) is 12.4 Å². The van der Waals surface area contributed by atoms with Crippen LogP contribution in [0.25, 0.3) is 0 Å². The number of piperidine rings is 1. The lowest BCUT2D eigenvalue weighted by atomic mass is 10.1. The summed E-state index contributed by atoms with van der Waals surface area (Å²) in [6.45, 7) is 3.27. The predicted octanol–water partition coefficient (Wildman–Crippen LogP) is 1.11. The highest BCUT2D eigenvalue weighted by Gasteiger charge is 2.20. The summed E-state index contributed by atoms with van der Waals surface area (Å²) < 4.78 is 4.88. The Labute approximate surface area is 79.3 Å². The van der Waals surface area contributed by atoms with Crippen molar-refractivity contribution in [3.63, 3.8) is 0 Å². The van der Waals surface area contributed by atoms with Crippen LogP contribution in [0.1, 0.15) is 26.2 Å². The van der Waals surface area contributed by atoms with Crippen LogP contribution in [-0.2, 0) is 9.53 Å². The smallest absolute Gasteiger partial charge is 0.323 e. The zero-order valence-electron chi connectivity index (χ0n) is 7.34. The van der Waals surface area contributed by atoms with Crippen molar-refractivity contribution in [3.05, 3.63) is 0 Å². The minimum atomic E-state index is -0.0906. The molecule has 1 atom stereocenters. The van der Waals surface area contributed by atoms with Gasteiger partial charge in [0, 0.05) is 0 Å². The second-order valence-corrected chi connectivity index (χ2v) is 2.75. The third kappa shape index (κ3) is 3.41. The number of ether oxygens (including phenoxy) is 1. The van der Waals surface area contributed by atoms with E-state index in [1.807, 2.05) is 6.92 Å². The lowest BCUT2D eigenvalue weighted by molar-refractivity contribution is -0.146. The Balaban J connectivity index is 0.00000121. The van der Waals surface area contributed by atoms with Crippen LogP contribution in [0.2, 0.25) is 0 Å². The first-order valence-electron chi connectivity index (χ1n) is 4.24. The summed E-state index contributed by atoms with van der Waals surface area (Å²) in [5, 5.41) is 3.13. The molecule has 0 aromatic carbocycles. The molecule has 0 bridgehead atoms. The second kappa shape index (κ2) is 6.26. The molecule has 1 N–H and O–H groups in total. The van der Waals surface area contributed by atoms with Gasteiger partial charge in [0.05, 0.1) is 6.61 Å². The van der Waals surface area contributed by atoms with Crippen LogP contribution in [0.3, 0.4) is 0 Å². The molecule has 0 aromatic rings. The van der Waals surface area contributed by atoms with Crippen molar-refractivity contribution in [2.24, 2.45) is 0 Å². The zero-order chi connectivity index (χ0) is 8.10. The van der Waals surface area contributed by atoms with Gasteiger partial charge in [-0.1, -0.05) is 6.42 Å². The van der Waals surface area contributed by atoms with E-state index in [9.17, 15) is 4.79 Å². The highest BCUT2D eigenvalue weighted by molar-refractivity contribution is 5.85. The largest absolute Gasteiger partial charge is 0.465 e. The number of carbonyl (C=O) groups excluding carboxylic acids is 1. The van der Waals surface area contributed by atoms with Crippen LogP contribution in [0.4, 0.5) is 0 Å². The van der Waals surface area contributed by atoms with Crippen molar-refractivity contribution in [2.45, 2.75) is 32.2 Å². The number of nitrogens with one attached hydrogen (secondary N) is 1. The summed E-state index contributed by atoms with van der Waals surface area (Å²) >= 11 is 0. The summed E-state index contributed by atoms with van der Waals surface area (Å²) in [7, 11) is 0. The molecule has 0 unspecified atom stereocenters. The van der Waals surface area contributed by atoms with Crippen LogP contribution >= 0.6 is 12.4 Å². The Kier molecular flexibility index (Phi) is 6.11. The average molecular weight is 194 g/mol. The molecule has 0 amide bonds. The van der Waals surface area contributed by atoms with E-state index in [0.717, 1.165) is 19.4 Å². The average Bonchev–Trinajstić information content (AvgIpc) is 2.07. The molecule has 4 heteroatoms. The van der Waals surface area contributed by atoms with Crippen molar-refractivity contribution in [1.29, 1.82) is 0 Å². The van der Waals surface area contributed by atoms with E-state index in [4.69, 9.17) is 4.74 Å². The van der Waals surface area contributed by atoms with Crippen molar-refractivity contribution in [3.8, 4) is 0 Å². The van der Waals surface area contributed by atoms with E-state index in [-0.39, 0.29) is 24.4 Å². The highest BCUT2D eigenvalue weighted by Crippen LogP contribution is 2.07. The maximum absolute atomic E-state index is 11.1. The van der Waals surface area contributed by atoms with E-state index in [2.05, 4.69) is 5.32 Å². The number of esters is 1. The minimum Gasteiger partial charge on any atom is -0.465 e. The van der Waals surface area contributed by atoms with Gasteiger partial charge in [0.1, 0.15) is 6.04 Å². The van der Waals surface area contributed by atoms with Crippen LogP contribution < -0.4 is 5.32 Å². The number of hydrogen-bond acceptors (Lipinski definition) is 3. The predicted molar refractivity (Wildman–Crippen MR) is 49.5 cm³/mol. The molecule has 1 fully saturated rings. The topological polar surface area (TPSA) is 38.3 Å². The van der Waals surface area contributed by atoms with E-state index in [0.29, 0.717) is 6.61 Å². The van der Waals surface area contributed by atoms with Crippen LogP contribution in [-0.4, -0.2) is 25.2 Å². The molecule has 0 aliphatic carbocycles. The van der Waals surface area contributed by atoms with Gasteiger partial charge in [-0.05, 0) is 26.3 Å². The molecule has 0 aromatic heterocycles. The zero-order valence-corrected chi connectivity index (χ0v) is 8.15. The number of hydrogen-bond donors (Lipinski definition) is 1. The molecule has 3 nitrogen and oxygen atoms in total. The van der Waals surface area contributed by atoms with E-state index in [1.165, 1.54) is 6.42 Å². The van der Waals surface area contributed by atoms with E-state index in [1.54, 1.807) is 0 Å². The van der Waals surface area contributed by atoms with Gasteiger partial charge >= 0.3 is 5.97 Å². The van der Waals surface area contributed by atoms with Crippen molar-refractivity contribution in [2.75, 3.05) is 13.2 Å². The molecule has 1 aliphatic heterocycles. The standard InChI is InChI=1S/C8H15NO2.ClH/c1-2-11-8(10)7-5-3-4-6-9-7;/h7,9H,2-6H2,1H3;1H/t7-;/m0./s1. The first-order valence-corrected chi connectivity index (χ1v) is 4.24. The minimum absolute atomic E-state index is 0. The second-order valence-electron chi connectivity index (χ2n) is 2.75. The van der Waals surface area contributed by atoms with Gasteiger partial charge in [0.15, 0.2) is 0 Å². The van der Waals surface area contributed by atoms with Gasteiger partial charge in [-0.3, -0.25) is 4.79 Å². The Morgan fingerprint density at radius 3 is 2.83 bits per heavy atom. The maximum Gasteiger partial charge on any atom is 0.323 e. The normalized spacial score (nSPS) is 22.6. The molecular formula is C8H16ClNO2. The van der Waals surface area contributed by atoms with Crippen molar-refractivity contribution < 1.29 is 9.53 Å². The van der Waals surface area contributed by atoms with Crippen LogP contribution in [0, 0.1) is 0 Å². The molecule has 1 heterocycles. The van der Waals surface area contributed by atoms with Crippen molar-refractivity contribution >= 4 is 18.4 Å². The first kappa shape index (κ1) is 11.7. The van der Waals surface area contributed by atoms with Crippen LogP contribution in [0.5, 0.6) is 0 Å².